The van der Waals surface area contributed by atoms with Crippen molar-refractivity contribution in [3.63, 3.8) is 0 Å². The first kappa shape index (κ1) is 34.6. The first-order valence-corrected chi connectivity index (χ1v) is 10.9. The minimum atomic E-state index is -1.30. The van der Waals surface area contributed by atoms with Gasteiger partial charge < -0.3 is 49.2 Å². The molecule has 0 aliphatic rings. The van der Waals surface area contributed by atoms with Gasteiger partial charge in [-0.25, -0.2) is 0 Å². The molecular weight excluding hydrogens is 479 g/mol. The van der Waals surface area contributed by atoms with Gasteiger partial charge in [-0.05, 0) is 38.5 Å². The van der Waals surface area contributed by atoms with Crippen LogP contribution in [-0.2, 0) is 28.8 Å². The van der Waals surface area contributed by atoms with Crippen molar-refractivity contribution in [2.45, 2.75) is 70.8 Å². The molecule has 13 heteroatoms. The van der Waals surface area contributed by atoms with Crippen molar-refractivity contribution in [2.24, 2.45) is 17.6 Å². The van der Waals surface area contributed by atoms with E-state index in [1.165, 1.54) is 6.92 Å². The molecule has 11 nitrogen and oxygen atoms in total. The molecular formula is C21H36ClN4NaO7. The Morgan fingerprint density at radius 3 is 2.29 bits per heavy atom. The van der Waals surface area contributed by atoms with Gasteiger partial charge in [0.1, 0.15) is 7.63 Å². The first-order chi connectivity index (χ1) is 15.5. The van der Waals surface area contributed by atoms with Crippen LogP contribution >= 0.6 is 0 Å². The number of nitrogens with one attached hydrogen (secondary N) is 2. The van der Waals surface area contributed by atoms with Crippen molar-refractivity contribution in [2.75, 3.05) is 13.1 Å². The van der Waals surface area contributed by atoms with Crippen LogP contribution in [0.5, 0.6) is 0 Å². The van der Waals surface area contributed by atoms with Crippen molar-refractivity contribution in [1.82, 2.24) is 10.6 Å². The SMILES string of the molecule is [3H]C(=O)CCC(CC(=O)C(CCC(=O)NCCCC[NH3+])NC(=O)C(C)CCC(=O)[O-])C(N)=O.[Cl-].[Na+]. The molecule has 0 aliphatic carbocycles. The van der Waals surface area contributed by atoms with E-state index in [1.54, 1.807) is 0 Å². The number of carboxylic acid groups (broad SMARTS) is 1. The molecule has 0 aromatic carbocycles. The Labute approximate surface area is 230 Å². The maximum absolute atomic E-state index is 12.8. The number of hydrogen-bond acceptors (Lipinski definition) is 7. The van der Waals surface area contributed by atoms with E-state index in [0.29, 0.717) is 6.54 Å². The van der Waals surface area contributed by atoms with E-state index in [2.05, 4.69) is 16.4 Å². The molecule has 0 radical (unpaired) electrons. The molecule has 0 bridgehead atoms. The van der Waals surface area contributed by atoms with Crippen LogP contribution < -0.4 is 69.2 Å². The maximum atomic E-state index is 12.8. The average Bonchev–Trinajstić information content (AvgIpc) is 2.74. The molecule has 34 heavy (non-hydrogen) atoms. The molecule has 0 saturated carbocycles. The maximum Gasteiger partial charge on any atom is 1.00 e. The standard InChI is InChI=1S/C21H36N4O7.ClH.Na/c1-14(6-9-19(29)30)21(32)25-16(7-8-18(28)24-11-3-2-10-22)17(27)13-15(20(23)31)5-4-12-26;;/h12,14-16H,2-11,13,22H2,1H3,(H2,23,31)(H,24,28)(H,25,32)(H,29,30);1H;/q;;+1/p-1/i12T;;. The number of rotatable bonds is 19. The van der Waals surface area contributed by atoms with Gasteiger partial charge in [-0.15, -0.1) is 0 Å². The Hall–Kier alpha value is -1.53. The number of ketones is 1. The third-order valence-corrected chi connectivity index (χ3v) is 5.04. The zero-order valence-electron chi connectivity index (χ0n) is 21.0. The molecule has 0 fully saturated rings. The van der Waals surface area contributed by atoms with Crippen molar-refractivity contribution >= 4 is 35.7 Å². The molecule has 190 valence electrons. The fourth-order valence-electron chi connectivity index (χ4n) is 2.95. The summed E-state index contributed by atoms with van der Waals surface area (Å²) in [7, 11) is 0. The number of unbranched alkanes of at least 4 members (excludes halogenated alkanes) is 1. The summed E-state index contributed by atoms with van der Waals surface area (Å²) in [5, 5.41) is 15.9. The zero-order chi connectivity index (χ0) is 25.4. The number of aliphatic carboxylic acids is 1. The third-order valence-electron chi connectivity index (χ3n) is 5.04. The average molecular weight is 517 g/mol. The molecule has 0 rings (SSSR count). The van der Waals surface area contributed by atoms with Crippen molar-refractivity contribution in [3.05, 3.63) is 0 Å². The van der Waals surface area contributed by atoms with Crippen LogP contribution in [0.3, 0.4) is 0 Å². The van der Waals surface area contributed by atoms with E-state index in [9.17, 15) is 33.9 Å². The number of aldehydes is 1. The smallest absolute Gasteiger partial charge is 1.00 e. The summed E-state index contributed by atoms with van der Waals surface area (Å²) in [6.07, 6.45) is -0.335. The monoisotopic (exact) mass is 516 g/mol. The number of Topliss-reactive ketones (excluding diaryl/α,β-unsaturated/α-hetero) is 1. The van der Waals surface area contributed by atoms with Crippen molar-refractivity contribution in [1.29, 1.82) is 0 Å². The van der Waals surface area contributed by atoms with Gasteiger partial charge in [0.25, 0.3) is 0 Å². The number of halogens is 1. The second kappa shape index (κ2) is 22.0. The summed E-state index contributed by atoms with van der Waals surface area (Å²) in [6, 6.07) is -1.10. The van der Waals surface area contributed by atoms with Crippen molar-refractivity contribution < 1.29 is 82.9 Å². The normalized spacial score (nSPS) is 13.1. The number of quaternary nitrogens is 1. The van der Waals surface area contributed by atoms with Gasteiger partial charge in [0.05, 0.1) is 12.6 Å². The fraction of sp³-hybridized carbons (Fsp3) is 0.714. The number of carbonyl (C=O) groups is 6. The number of hydrogen-bond donors (Lipinski definition) is 4. The second-order valence-electron chi connectivity index (χ2n) is 7.77. The van der Waals surface area contributed by atoms with Crippen LogP contribution in [-0.4, -0.2) is 54.9 Å². The molecule has 0 aromatic heterocycles. The van der Waals surface area contributed by atoms with Crippen LogP contribution in [0.1, 0.15) is 66.1 Å². The minimum Gasteiger partial charge on any atom is -1.00 e. The van der Waals surface area contributed by atoms with E-state index in [-0.39, 0.29) is 92.8 Å². The summed E-state index contributed by atoms with van der Waals surface area (Å²) in [5.41, 5.74) is 9.03. The summed E-state index contributed by atoms with van der Waals surface area (Å²) in [6.45, 7) is 2.72. The Morgan fingerprint density at radius 2 is 1.76 bits per heavy atom. The second-order valence-corrected chi connectivity index (χ2v) is 7.77. The minimum absolute atomic E-state index is 0. The summed E-state index contributed by atoms with van der Waals surface area (Å²) in [5.74, 6) is -5.22. The van der Waals surface area contributed by atoms with Gasteiger partial charge in [0.2, 0.25) is 17.7 Å². The number of carbonyl (C=O) groups excluding carboxylic acids is 6. The molecule has 3 amide bonds. The van der Waals surface area contributed by atoms with E-state index < -0.39 is 47.7 Å². The van der Waals surface area contributed by atoms with E-state index in [0.717, 1.165) is 19.4 Å². The Bertz CT molecular complexity index is 715. The van der Waals surface area contributed by atoms with Crippen LogP contribution in [0, 0.1) is 11.8 Å². The molecule has 0 aliphatic heterocycles. The predicted molar refractivity (Wildman–Crippen MR) is 112 cm³/mol. The van der Waals surface area contributed by atoms with Crippen LogP contribution in [0.15, 0.2) is 0 Å². The Morgan fingerprint density at radius 1 is 1.12 bits per heavy atom. The topological polar surface area (TPSA) is 203 Å². The van der Waals surface area contributed by atoms with Crippen LogP contribution in [0.25, 0.3) is 0 Å². The molecule has 0 saturated heterocycles. The first-order valence-electron chi connectivity index (χ1n) is 11.4. The number of nitrogens with two attached hydrogens (primary N) is 1. The molecule has 0 heterocycles. The number of amides is 3. The molecule has 3 unspecified atom stereocenters. The quantitative estimate of drug-likeness (QED) is 0.0740. The van der Waals surface area contributed by atoms with Gasteiger partial charge in [0.15, 0.2) is 5.78 Å². The Balaban J connectivity index is -0.00000512. The third kappa shape index (κ3) is 17.9. The van der Waals surface area contributed by atoms with Crippen molar-refractivity contribution in [3.8, 4) is 0 Å². The van der Waals surface area contributed by atoms with Gasteiger partial charge in [0, 0.05) is 43.6 Å². The zero-order valence-corrected chi connectivity index (χ0v) is 22.8. The number of primary amides is 1. The largest absolute Gasteiger partial charge is 1.00 e. The van der Waals surface area contributed by atoms with Gasteiger partial charge in [-0.1, -0.05) is 6.92 Å². The number of carboxylic acids is 1. The molecule has 7 N–H and O–H groups in total. The molecule has 0 aromatic rings. The van der Waals surface area contributed by atoms with E-state index >= 15 is 0 Å². The van der Waals surface area contributed by atoms with Gasteiger partial charge >= 0.3 is 29.6 Å². The molecule has 0 spiro atoms. The Kier molecular flexibility index (Phi) is 22.4. The van der Waals surface area contributed by atoms with Crippen LogP contribution in [0.4, 0.5) is 0 Å². The van der Waals surface area contributed by atoms with Gasteiger partial charge in [-0.2, -0.15) is 0 Å². The fourth-order valence-corrected chi connectivity index (χ4v) is 2.95. The summed E-state index contributed by atoms with van der Waals surface area (Å²) >= 11 is 0. The summed E-state index contributed by atoms with van der Waals surface area (Å²) < 4.78 is 6.96. The van der Waals surface area contributed by atoms with Gasteiger partial charge in [-0.3, -0.25) is 19.2 Å². The summed E-state index contributed by atoms with van der Waals surface area (Å²) in [4.78, 5) is 70.6. The van der Waals surface area contributed by atoms with E-state index in [4.69, 9.17) is 7.10 Å². The predicted octanol–water partition coefficient (Wildman–Crippen LogP) is -8.40. The van der Waals surface area contributed by atoms with E-state index in [1.807, 2.05) is 0 Å². The molecule has 3 atom stereocenters. The van der Waals surface area contributed by atoms with Crippen LogP contribution in [0.2, 0.25) is 0 Å².